The fourth-order valence-electron chi connectivity index (χ4n) is 2.05. The average Bonchev–Trinajstić information content (AvgIpc) is 2.92. The number of carbonyl (C=O) groups is 1. The van der Waals surface area contributed by atoms with Crippen molar-refractivity contribution in [1.29, 1.82) is 0 Å². The summed E-state index contributed by atoms with van der Waals surface area (Å²) in [4.78, 5) is 11.9. The lowest BCUT2D eigenvalue weighted by molar-refractivity contribution is -0.129. The number of hydrogen-bond donors (Lipinski definition) is 2. The molecule has 1 saturated heterocycles. The standard InChI is InChI=1S/C11H20N2O2.ClH/c1-8-6-9(8)7-13-10(14)11(12)2-4-15-5-3-11;/h8-9H,2-7,12H2,1H3,(H,13,14);1H. The Hall–Kier alpha value is -0.320. The van der Waals surface area contributed by atoms with Crippen LogP contribution in [0.5, 0.6) is 0 Å². The van der Waals surface area contributed by atoms with E-state index in [2.05, 4.69) is 12.2 Å². The van der Waals surface area contributed by atoms with Crippen molar-refractivity contribution < 1.29 is 9.53 Å². The zero-order chi connectivity index (χ0) is 10.9. The molecule has 2 fully saturated rings. The van der Waals surface area contributed by atoms with Crippen LogP contribution in [-0.4, -0.2) is 31.2 Å². The normalized spacial score (nSPS) is 31.4. The molecule has 3 N–H and O–H groups in total. The summed E-state index contributed by atoms with van der Waals surface area (Å²) in [5.74, 6) is 1.45. The second kappa shape index (κ2) is 5.34. The highest BCUT2D eigenvalue weighted by Crippen LogP contribution is 2.36. The zero-order valence-electron chi connectivity index (χ0n) is 9.70. The van der Waals surface area contributed by atoms with Gasteiger partial charge in [0.15, 0.2) is 0 Å². The van der Waals surface area contributed by atoms with Gasteiger partial charge in [-0.15, -0.1) is 12.4 Å². The van der Waals surface area contributed by atoms with E-state index in [9.17, 15) is 4.79 Å². The van der Waals surface area contributed by atoms with Crippen LogP contribution in [-0.2, 0) is 9.53 Å². The van der Waals surface area contributed by atoms with Crippen LogP contribution in [0.25, 0.3) is 0 Å². The molecule has 1 aliphatic heterocycles. The minimum absolute atomic E-state index is 0. The van der Waals surface area contributed by atoms with Gasteiger partial charge in [-0.3, -0.25) is 4.79 Å². The van der Waals surface area contributed by atoms with Crippen LogP contribution in [0.15, 0.2) is 0 Å². The van der Waals surface area contributed by atoms with Gasteiger partial charge in [-0.1, -0.05) is 6.92 Å². The van der Waals surface area contributed by atoms with E-state index in [1.165, 1.54) is 6.42 Å². The van der Waals surface area contributed by atoms with Gasteiger partial charge in [0.05, 0.1) is 5.54 Å². The molecule has 2 aliphatic rings. The quantitative estimate of drug-likeness (QED) is 0.773. The van der Waals surface area contributed by atoms with E-state index in [1.54, 1.807) is 0 Å². The SMILES string of the molecule is CC1CC1CNC(=O)C1(N)CCOCC1.Cl. The first-order valence-electron chi connectivity index (χ1n) is 5.77. The lowest BCUT2D eigenvalue weighted by Crippen LogP contribution is -2.57. The highest BCUT2D eigenvalue weighted by molar-refractivity contribution is 5.86. The molecule has 0 aromatic heterocycles. The van der Waals surface area contributed by atoms with E-state index in [4.69, 9.17) is 10.5 Å². The molecule has 2 unspecified atom stereocenters. The molecule has 16 heavy (non-hydrogen) atoms. The van der Waals surface area contributed by atoms with E-state index in [1.807, 2.05) is 0 Å². The van der Waals surface area contributed by atoms with Crippen LogP contribution < -0.4 is 11.1 Å². The van der Waals surface area contributed by atoms with Crippen LogP contribution in [0, 0.1) is 11.8 Å². The predicted molar refractivity (Wildman–Crippen MR) is 64.5 cm³/mol. The maximum atomic E-state index is 11.9. The lowest BCUT2D eigenvalue weighted by Gasteiger charge is -2.31. The molecule has 1 saturated carbocycles. The summed E-state index contributed by atoms with van der Waals surface area (Å²) in [7, 11) is 0. The largest absolute Gasteiger partial charge is 0.381 e. The fourth-order valence-corrected chi connectivity index (χ4v) is 2.05. The minimum atomic E-state index is -0.684. The first kappa shape index (κ1) is 13.7. The Balaban J connectivity index is 0.00000128. The van der Waals surface area contributed by atoms with E-state index < -0.39 is 5.54 Å². The molecule has 5 heteroatoms. The van der Waals surface area contributed by atoms with Crippen molar-refractivity contribution in [3.63, 3.8) is 0 Å². The van der Waals surface area contributed by atoms with Crippen LogP contribution in [0.4, 0.5) is 0 Å². The van der Waals surface area contributed by atoms with Crippen molar-refractivity contribution in [3.8, 4) is 0 Å². The molecule has 0 radical (unpaired) electrons. The Morgan fingerprint density at radius 1 is 1.50 bits per heavy atom. The van der Waals surface area contributed by atoms with Gasteiger partial charge in [-0.05, 0) is 31.1 Å². The third-order valence-electron chi connectivity index (χ3n) is 3.64. The monoisotopic (exact) mass is 248 g/mol. The van der Waals surface area contributed by atoms with Crippen molar-refractivity contribution in [2.45, 2.75) is 31.7 Å². The van der Waals surface area contributed by atoms with Gasteiger partial charge < -0.3 is 15.8 Å². The molecule has 2 rings (SSSR count). The number of halogens is 1. The maximum Gasteiger partial charge on any atom is 0.240 e. The summed E-state index contributed by atoms with van der Waals surface area (Å²) in [6, 6.07) is 0. The highest BCUT2D eigenvalue weighted by Gasteiger charge is 2.38. The predicted octanol–water partition coefficient (Wildman–Crippen LogP) is 0.688. The zero-order valence-corrected chi connectivity index (χ0v) is 10.5. The molecular weight excluding hydrogens is 228 g/mol. The molecule has 4 nitrogen and oxygen atoms in total. The Morgan fingerprint density at radius 3 is 2.56 bits per heavy atom. The van der Waals surface area contributed by atoms with Gasteiger partial charge in [0, 0.05) is 19.8 Å². The van der Waals surface area contributed by atoms with Gasteiger partial charge >= 0.3 is 0 Å². The number of carbonyl (C=O) groups excluding carboxylic acids is 1. The van der Waals surface area contributed by atoms with Crippen molar-refractivity contribution in [1.82, 2.24) is 5.32 Å². The molecule has 0 aromatic carbocycles. The molecule has 1 aliphatic carbocycles. The third-order valence-corrected chi connectivity index (χ3v) is 3.64. The van der Waals surface area contributed by atoms with Gasteiger partial charge in [0.2, 0.25) is 5.91 Å². The van der Waals surface area contributed by atoms with Gasteiger partial charge in [0.25, 0.3) is 0 Å². The second-order valence-corrected chi connectivity index (χ2v) is 4.95. The van der Waals surface area contributed by atoms with E-state index in [0.29, 0.717) is 32.0 Å². The summed E-state index contributed by atoms with van der Waals surface area (Å²) < 4.78 is 5.21. The van der Waals surface area contributed by atoms with Crippen LogP contribution in [0.2, 0.25) is 0 Å². The summed E-state index contributed by atoms with van der Waals surface area (Å²) in [6.45, 7) is 4.21. The topological polar surface area (TPSA) is 64.4 Å². The number of amides is 1. The first-order chi connectivity index (χ1) is 7.12. The number of nitrogens with one attached hydrogen (secondary N) is 1. The summed E-state index contributed by atoms with van der Waals surface area (Å²) >= 11 is 0. The third kappa shape index (κ3) is 3.09. The summed E-state index contributed by atoms with van der Waals surface area (Å²) in [5.41, 5.74) is 5.37. The van der Waals surface area contributed by atoms with Crippen LogP contribution >= 0.6 is 12.4 Å². The van der Waals surface area contributed by atoms with E-state index in [-0.39, 0.29) is 18.3 Å². The maximum absolute atomic E-state index is 11.9. The number of ether oxygens (including phenoxy) is 1. The number of hydrogen-bond acceptors (Lipinski definition) is 3. The molecule has 0 spiro atoms. The minimum Gasteiger partial charge on any atom is -0.381 e. The van der Waals surface area contributed by atoms with Crippen molar-refractivity contribution in [3.05, 3.63) is 0 Å². The summed E-state index contributed by atoms with van der Waals surface area (Å²) in [5, 5.41) is 2.97. The molecule has 1 heterocycles. The molecule has 94 valence electrons. The van der Waals surface area contributed by atoms with Gasteiger partial charge in [0.1, 0.15) is 0 Å². The number of rotatable bonds is 3. The molecular formula is C11H21ClN2O2. The molecule has 0 bridgehead atoms. The highest BCUT2D eigenvalue weighted by atomic mass is 35.5. The van der Waals surface area contributed by atoms with Crippen molar-refractivity contribution in [2.24, 2.45) is 17.6 Å². The Bertz CT molecular complexity index is 254. The second-order valence-electron chi connectivity index (χ2n) is 4.95. The molecule has 2 atom stereocenters. The Kier molecular flexibility index (Phi) is 4.59. The van der Waals surface area contributed by atoms with Gasteiger partial charge in [-0.2, -0.15) is 0 Å². The van der Waals surface area contributed by atoms with Crippen molar-refractivity contribution in [2.75, 3.05) is 19.8 Å². The van der Waals surface area contributed by atoms with E-state index >= 15 is 0 Å². The smallest absolute Gasteiger partial charge is 0.240 e. The Labute approximate surface area is 103 Å². The summed E-state index contributed by atoms with van der Waals surface area (Å²) in [6.07, 6.45) is 2.51. The number of nitrogens with two attached hydrogens (primary N) is 1. The lowest BCUT2D eigenvalue weighted by atomic mass is 9.90. The molecule has 0 aromatic rings. The first-order valence-corrected chi connectivity index (χ1v) is 5.77. The van der Waals surface area contributed by atoms with E-state index in [0.717, 1.165) is 12.5 Å². The van der Waals surface area contributed by atoms with Crippen LogP contribution in [0.1, 0.15) is 26.2 Å². The van der Waals surface area contributed by atoms with Gasteiger partial charge in [-0.25, -0.2) is 0 Å². The van der Waals surface area contributed by atoms with Crippen LogP contribution in [0.3, 0.4) is 0 Å². The fraction of sp³-hybridized carbons (Fsp3) is 0.909. The molecule has 1 amide bonds. The average molecular weight is 249 g/mol. The Morgan fingerprint density at radius 2 is 2.06 bits per heavy atom. The van der Waals surface area contributed by atoms with Crippen molar-refractivity contribution >= 4 is 18.3 Å².